The lowest BCUT2D eigenvalue weighted by Gasteiger charge is -2.04. The molecule has 2 nitrogen and oxygen atoms in total. The summed E-state index contributed by atoms with van der Waals surface area (Å²) in [5.74, 6) is 0. The zero-order valence-corrected chi connectivity index (χ0v) is 5.47. The molecule has 1 aliphatic heterocycles. The number of nitriles is 1. The summed E-state index contributed by atoms with van der Waals surface area (Å²) in [6, 6.07) is 1.75. The van der Waals surface area contributed by atoms with Gasteiger partial charge < -0.3 is 0 Å². The van der Waals surface area contributed by atoms with Gasteiger partial charge in [0.25, 0.3) is 0 Å². The van der Waals surface area contributed by atoms with Crippen LogP contribution in [0.25, 0.3) is 0 Å². The molecule has 1 unspecified atom stereocenters. The van der Waals surface area contributed by atoms with Gasteiger partial charge >= 0.3 is 0 Å². The molecule has 1 rings (SSSR count). The van der Waals surface area contributed by atoms with E-state index >= 15 is 0 Å². The second-order valence-electron chi connectivity index (χ2n) is 1.76. The van der Waals surface area contributed by atoms with Gasteiger partial charge in [0.2, 0.25) is 0 Å². The topological polar surface area (TPSA) is 36.1 Å². The van der Waals surface area contributed by atoms with Crippen molar-refractivity contribution in [1.82, 2.24) is 0 Å². The summed E-state index contributed by atoms with van der Waals surface area (Å²) in [5.41, 5.74) is 0. The average Bonchev–Trinajstić information content (AvgIpc) is 1.88. The first-order valence-electron chi connectivity index (χ1n) is 2.60. The number of rotatable bonds is 0. The molecule has 0 fully saturated rings. The second kappa shape index (κ2) is 2.65. The van der Waals surface area contributed by atoms with E-state index in [4.69, 9.17) is 16.9 Å². The fraction of sp³-hybridized carbons (Fsp3) is 0.333. The van der Waals surface area contributed by atoms with Crippen LogP contribution in [0.15, 0.2) is 16.1 Å². The average molecular weight is 141 g/mol. The molecule has 46 valence electrons. The van der Waals surface area contributed by atoms with Gasteiger partial charge in [-0.15, -0.1) is 0 Å². The van der Waals surface area contributed by atoms with Crippen LogP contribution >= 0.6 is 11.6 Å². The van der Waals surface area contributed by atoms with Crippen LogP contribution in [0.4, 0.5) is 0 Å². The van der Waals surface area contributed by atoms with Gasteiger partial charge in [-0.05, 0) is 6.08 Å². The third-order valence-electron chi connectivity index (χ3n) is 1.06. The minimum absolute atomic E-state index is 0.262. The van der Waals surface area contributed by atoms with Crippen LogP contribution in [-0.2, 0) is 0 Å². The minimum Gasteiger partial charge on any atom is -0.274 e. The molecule has 1 aliphatic rings. The largest absolute Gasteiger partial charge is 0.274 e. The quantitative estimate of drug-likeness (QED) is 0.502. The number of halogens is 1. The Morgan fingerprint density at radius 1 is 1.89 bits per heavy atom. The van der Waals surface area contributed by atoms with Crippen molar-refractivity contribution >= 4 is 17.8 Å². The van der Waals surface area contributed by atoms with E-state index in [0.717, 1.165) is 0 Å². The highest BCUT2D eigenvalue weighted by Crippen LogP contribution is 2.14. The fourth-order valence-electron chi connectivity index (χ4n) is 0.612. The lowest BCUT2D eigenvalue weighted by atomic mass is 10.2. The molecule has 0 aliphatic carbocycles. The van der Waals surface area contributed by atoms with Crippen LogP contribution in [-0.4, -0.2) is 12.3 Å². The molecule has 0 N–H and O–H groups in total. The molecule has 0 amide bonds. The monoisotopic (exact) mass is 140 g/mol. The van der Waals surface area contributed by atoms with Crippen molar-refractivity contribution in [3.05, 3.63) is 11.1 Å². The first-order chi connectivity index (χ1) is 4.33. The van der Waals surface area contributed by atoms with E-state index in [2.05, 4.69) is 4.99 Å². The summed E-state index contributed by atoms with van der Waals surface area (Å²) in [5, 5.41) is 9.06. The molecule has 0 aromatic heterocycles. The van der Waals surface area contributed by atoms with Crippen molar-refractivity contribution in [2.75, 3.05) is 0 Å². The highest BCUT2D eigenvalue weighted by molar-refractivity contribution is 6.30. The van der Waals surface area contributed by atoms with Crippen LogP contribution < -0.4 is 0 Å². The van der Waals surface area contributed by atoms with E-state index in [1.54, 1.807) is 12.3 Å². The number of nitrogens with zero attached hydrogens (tertiary/aromatic N) is 2. The van der Waals surface area contributed by atoms with Gasteiger partial charge in [0.15, 0.2) is 0 Å². The Morgan fingerprint density at radius 2 is 2.67 bits per heavy atom. The normalized spacial score (nSPS) is 24.9. The molecule has 0 bridgehead atoms. The molecule has 0 saturated heterocycles. The zero-order valence-electron chi connectivity index (χ0n) is 4.71. The summed E-state index contributed by atoms with van der Waals surface area (Å²) < 4.78 is 0. The van der Waals surface area contributed by atoms with Crippen molar-refractivity contribution in [3.8, 4) is 6.07 Å². The molecule has 9 heavy (non-hydrogen) atoms. The maximum Gasteiger partial charge on any atom is 0.141 e. The molecule has 0 aromatic rings. The van der Waals surface area contributed by atoms with E-state index in [-0.39, 0.29) is 6.04 Å². The van der Waals surface area contributed by atoms with E-state index in [1.807, 2.05) is 6.07 Å². The first kappa shape index (κ1) is 6.31. The molecule has 1 heterocycles. The zero-order chi connectivity index (χ0) is 6.69. The van der Waals surface area contributed by atoms with Gasteiger partial charge in [0.1, 0.15) is 6.04 Å². The van der Waals surface area contributed by atoms with Gasteiger partial charge in [0, 0.05) is 17.7 Å². The number of dihydropyridines is 1. The predicted molar refractivity (Wildman–Crippen MR) is 36.4 cm³/mol. The Kier molecular flexibility index (Phi) is 1.86. The minimum atomic E-state index is -0.262. The van der Waals surface area contributed by atoms with Gasteiger partial charge in [-0.1, -0.05) is 11.6 Å². The number of aliphatic imine (C=N–C) groups is 1. The maximum absolute atomic E-state index is 8.36. The molecule has 0 aromatic carbocycles. The van der Waals surface area contributed by atoms with Gasteiger partial charge in [0.05, 0.1) is 6.07 Å². The first-order valence-corrected chi connectivity index (χ1v) is 2.98. The van der Waals surface area contributed by atoms with Crippen LogP contribution in [0.3, 0.4) is 0 Å². The molecule has 0 radical (unpaired) electrons. The molecular formula is C6H5ClN2. The lowest BCUT2D eigenvalue weighted by Crippen LogP contribution is -2.04. The van der Waals surface area contributed by atoms with Gasteiger partial charge in [-0.2, -0.15) is 5.26 Å². The lowest BCUT2D eigenvalue weighted by molar-refractivity contribution is 0.836. The third kappa shape index (κ3) is 1.55. The van der Waals surface area contributed by atoms with E-state index in [9.17, 15) is 0 Å². The number of allylic oxidation sites excluding steroid dienone is 1. The number of hydrogen-bond donors (Lipinski definition) is 0. The SMILES string of the molecule is N#CC1CC(Cl)=CC=N1. The van der Waals surface area contributed by atoms with Crippen molar-refractivity contribution < 1.29 is 0 Å². The molecular weight excluding hydrogens is 136 g/mol. The highest BCUT2D eigenvalue weighted by Gasteiger charge is 2.08. The molecule has 1 atom stereocenters. The Bertz CT molecular complexity index is 200. The second-order valence-corrected chi connectivity index (χ2v) is 2.25. The van der Waals surface area contributed by atoms with Crippen molar-refractivity contribution in [1.29, 1.82) is 5.26 Å². The Labute approximate surface area is 58.5 Å². The Hall–Kier alpha value is -0.810. The van der Waals surface area contributed by atoms with Crippen molar-refractivity contribution in [3.63, 3.8) is 0 Å². The summed E-state index contributed by atoms with van der Waals surface area (Å²) in [7, 11) is 0. The van der Waals surface area contributed by atoms with E-state index in [1.165, 1.54) is 0 Å². The van der Waals surface area contributed by atoms with Crippen LogP contribution in [0, 0.1) is 11.3 Å². The van der Waals surface area contributed by atoms with E-state index < -0.39 is 0 Å². The van der Waals surface area contributed by atoms with Crippen molar-refractivity contribution in [2.24, 2.45) is 4.99 Å². The molecule has 0 spiro atoms. The van der Waals surface area contributed by atoms with Crippen LogP contribution in [0.1, 0.15) is 6.42 Å². The summed E-state index contributed by atoms with van der Waals surface area (Å²) in [6.45, 7) is 0. The highest BCUT2D eigenvalue weighted by atomic mass is 35.5. The van der Waals surface area contributed by atoms with Crippen LogP contribution in [0.5, 0.6) is 0 Å². The fourth-order valence-corrected chi connectivity index (χ4v) is 0.815. The van der Waals surface area contributed by atoms with Gasteiger partial charge in [-0.3, -0.25) is 4.99 Å². The van der Waals surface area contributed by atoms with E-state index in [0.29, 0.717) is 11.5 Å². The molecule has 0 saturated carbocycles. The van der Waals surface area contributed by atoms with Crippen LogP contribution in [0.2, 0.25) is 0 Å². The summed E-state index contributed by atoms with van der Waals surface area (Å²) in [4.78, 5) is 3.85. The summed E-state index contributed by atoms with van der Waals surface area (Å²) >= 11 is 5.61. The van der Waals surface area contributed by atoms with Gasteiger partial charge in [-0.25, -0.2) is 0 Å². The summed E-state index contributed by atoms with van der Waals surface area (Å²) in [6.07, 6.45) is 3.84. The number of hydrogen-bond acceptors (Lipinski definition) is 2. The smallest absolute Gasteiger partial charge is 0.141 e. The molecule has 3 heteroatoms. The Morgan fingerprint density at radius 3 is 3.11 bits per heavy atom. The maximum atomic E-state index is 8.36. The third-order valence-corrected chi connectivity index (χ3v) is 1.34. The standard InChI is InChI=1S/C6H5ClN2/c7-5-1-2-9-6(3-5)4-8/h1-2,6H,3H2. The Balaban J connectivity index is 2.64. The van der Waals surface area contributed by atoms with Crippen molar-refractivity contribution in [2.45, 2.75) is 12.5 Å². The predicted octanol–water partition coefficient (Wildman–Crippen LogP) is 1.48.